The zero-order chi connectivity index (χ0) is 22.9. The molecule has 0 saturated carbocycles. The first-order chi connectivity index (χ1) is 15.8. The van der Waals surface area contributed by atoms with Crippen LogP contribution in [0.25, 0.3) is 0 Å². The molecule has 2 heteroatoms. The fraction of sp³-hybridized carbons (Fsp3) is 0.700. The van der Waals surface area contributed by atoms with Crippen LogP contribution in [0.2, 0.25) is 0 Å². The summed E-state index contributed by atoms with van der Waals surface area (Å²) in [6, 6.07) is 9.68. The molecule has 0 amide bonds. The van der Waals surface area contributed by atoms with Crippen LogP contribution >= 0.6 is 0 Å². The Hall–Kier alpha value is -1.57. The molecule has 0 spiro atoms. The van der Waals surface area contributed by atoms with Crippen molar-refractivity contribution in [1.29, 1.82) is 0 Å². The van der Waals surface area contributed by atoms with Gasteiger partial charge in [0.2, 0.25) is 0 Å². The van der Waals surface area contributed by atoms with Gasteiger partial charge in [0.1, 0.15) is 0 Å². The van der Waals surface area contributed by atoms with E-state index in [4.69, 9.17) is 0 Å². The van der Waals surface area contributed by atoms with Gasteiger partial charge in [0.05, 0.1) is 12.4 Å². The monoisotopic (exact) mass is 438 g/mol. The molecule has 180 valence electrons. The maximum absolute atomic E-state index is 4.33. The van der Waals surface area contributed by atoms with Crippen molar-refractivity contribution in [1.82, 2.24) is 9.55 Å². The predicted octanol–water partition coefficient (Wildman–Crippen LogP) is 9.86. The van der Waals surface area contributed by atoms with Gasteiger partial charge in [0, 0.05) is 12.4 Å². The number of benzene rings is 1. The van der Waals surface area contributed by atoms with Crippen molar-refractivity contribution < 1.29 is 0 Å². The molecule has 1 aromatic heterocycles. The molecule has 0 N–H and O–H groups in total. The molecule has 2 nitrogen and oxygen atoms in total. The third kappa shape index (κ3) is 9.51. The van der Waals surface area contributed by atoms with Gasteiger partial charge in [-0.1, -0.05) is 129 Å². The van der Waals surface area contributed by atoms with Crippen LogP contribution in [0.1, 0.15) is 147 Å². The minimum atomic E-state index is 0.398. The van der Waals surface area contributed by atoms with Gasteiger partial charge in [-0.15, -0.1) is 0 Å². The topological polar surface area (TPSA) is 17.8 Å². The molecule has 0 aliphatic carbocycles. The highest BCUT2D eigenvalue weighted by atomic mass is 15.0. The summed E-state index contributed by atoms with van der Waals surface area (Å²) < 4.78 is 2.30. The summed E-state index contributed by atoms with van der Waals surface area (Å²) in [5.41, 5.74) is 3.12. The highest BCUT2D eigenvalue weighted by Crippen LogP contribution is 2.35. The maximum Gasteiger partial charge on any atom is 0.0951 e. The van der Waals surface area contributed by atoms with E-state index in [0.717, 1.165) is 6.42 Å². The lowest BCUT2D eigenvalue weighted by Gasteiger charge is -2.26. The van der Waals surface area contributed by atoms with Crippen molar-refractivity contribution in [2.45, 2.75) is 135 Å². The summed E-state index contributed by atoms with van der Waals surface area (Å²) in [6.45, 7) is 6.92. The van der Waals surface area contributed by atoms with Crippen LogP contribution in [0.15, 0.2) is 43.0 Å². The Kier molecular flexibility index (Phi) is 14.2. The minimum Gasteiger partial charge on any atom is -0.330 e. The molecule has 2 rings (SSSR count). The van der Waals surface area contributed by atoms with Gasteiger partial charge in [-0.25, -0.2) is 4.98 Å². The maximum atomic E-state index is 4.33. The third-order valence-electron chi connectivity index (χ3n) is 7.13. The minimum absolute atomic E-state index is 0.398. The van der Waals surface area contributed by atoms with Crippen molar-refractivity contribution in [3.8, 4) is 0 Å². The summed E-state index contributed by atoms with van der Waals surface area (Å²) in [5, 5.41) is 0. The molecule has 0 bridgehead atoms. The molecule has 1 heterocycles. The molecule has 2 aromatic rings. The van der Waals surface area contributed by atoms with Crippen LogP contribution in [0.4, 0.5) is 0 Å². The zero-order valence-electron chi connectivity index (χ0n) is 21.4. The van der Waals surface area contributed by atoms with Crippen molar-refractivity contribution in [2.75, 3.05) is 0 Å². The molecular weight excluding hydrogens is 388 g/mol. The summed E-state index contributed by atoms with van der Waals surface area (Å²) >= 11 is 0. The Morgan fingerprint density at radius 2 is 1.22 bits per heavy atom. The van der Waals surface area contributed by atoms with Gasteiger partial charge in [-0.2, -0.15) is 0 Å². The van der Waals surface area contributed by atoms with E-state index in [1.807, 2.05) is 12.5 Å². The Balaban J connectivity index is 1.97. The first-order valence-electron chi connectivity index (χ1n) is 13.9. The second-order valence-electron chi connectivity index (χ2n) is 9.73. The van der Waals surface area contributed by atoms with Crippen molar-refractivity contribution in [3.05, 3.63) is 54.1 Å². The summed E-state index contributed by atoms with van der Waals surface area (Å²) in [6.07, 6.45) is 28.0. The van der Waals surface area contributed by atoms with Gasteiger partial charge in [0.15, 0.2) is 0 Å². The lowest BCUT2D eigenvalue weighted by molar-refractivity contribution is 0.477. The number of aromatic nitrogens is 2. The van der Waals surface area contributed by atoms with E-state index in [0.29, 0.717) is 12.0 Å². The second-order valence-corrected chi connectivity index (χ2v) is 9.73. The Bertz CT molecular complexity index is 676. The fourth-order valence-corrected chi connectivity index (χ4v) is 5.21. The summed E-state index contributed by atoms with van der Waals surface area (Å²) in [4.78, 5) is 4.33. The molecule has 2 atom stereocenters. The average Bonchev–Trinajstić information content (AvgIpc) is 3.35. The molecular formula is C30H50N2. The number of nitrogens with zero attached hydrogens (tertiary/aromatic N) is 2. The quantitative estimate of drug-likeness (QED) is 0.199. The number of imidazole rings is 1. The fourth-order valence-electron chi connectivity index (χ4n) is 5.21. The smallest absolute Gasteiger partial charge is 0.0951 e. The van der Waals surface area contributed by atoms with Gasteiger partial charge < -0.3 is 4.57 Å². The average molecular weight is 439 g/mol. The summed E-state index contributed by atoms with van der Waals surface area (Å²) in [7, 11) is 0. The van der Waals surface area contributed by atoms with E-state index >= 15 is 0 Å². The SMILES string of the molecule is CCCCCCCCCCC[C@H](CCCCCC)c1ccccc1C(CC)n1ccnc1. The van der Waals surface area contributed by atoms with Crippen molar-refractivity contribution in [2.24, 2.45) is 0 Å². The van der Waals surface area contributed by atoms with Gasteiger partial charge in [0.25, 0.3) is 0 Å². The molecule has 1 aromatic carbocycles. The molecule has 0 radical (unpaired) electrons. The van der Waals surface area contributed by atoms with Gasteiger partial charge >= 0.3 is 0 Å². The van der Waals surface area contributed by atoms with Crippen molar-refractivity contribution in [3.63, 3.8) is 0 Å². The predicted molar refractivity (Wildman–Crippen MR) is 140 cm³/mol. The number of unbranched alkanes of at least 4 members (excludes halogenated alkanes) is 11. The Morgan fingerprint density at radius 3 is 1.75 bits per heavy atom. The molecule has 0 aliphatic heterocycles. The van der Waals surface area contributed by atoms with Crippen LogP contribution in [0, 0.1) is 0 Å². The van der Waals surface area contributed by atoms with E-state index < -0.39 is 0 Å². The number of hydrogen-bond donors (Lipinski definition) is 0. The Labute approximate surface area is 199 Å². The lowest BCUT2D eigenvalue weighted by Crippen LogP contribution is -2.13. The molecule has 0 saturated heterocycles. The van der Waals surface area contributed by atoms with E-state index in [9.17, 15) is 0 Å². The molecule has 32 heavy (non-hydrogen) atoms. The molecule has 0 aliphatic rings. The van der Waals surface area contributed by atoms with Crippen LogP contribution in [-0.2, 0) is 0 Å². The van der Waals surface area contributed by atoms with E-state index in [-0.39, 0.29) is 0 Å². The number of rotatable bonds is 19. The standard InChI is InChI=1S/C30H50N2/c1-4-7-9-11-12-13-14-15-17-21-27(20-16-10-8-5-2)28-22-18-19-23-29(28)30(6-3)32-25-24-31-26-32/h18-19,22-27,30H,4-17,20-21H2,1-3H3/t27-,30?/m0/s1. The molecule has 1 unspecified atom stereocenters. The highest BCUT2D eigenvalue weighted by molar-refractivity contribution is 5.33. The molecule has 0 fully saturated rings. The van der Waals surface area contributed by atoms with E-state index in [1.54, 1.807) is 5.56 Å². The first kappa shape index (κ1) is 26.7. The first-order valence-corrected chi connectivity index (χ1v) is 13.9. The summed E-state index contributed by atoms with van der Waals surface area (Å²) in [5.74, 6) is 0.699. The van der Waals surface area contributed by atoms with Gasteiger partial charge in [-0.05, 0) is 36.3 Å². The lowest BCUT2D eigenvalue weighted by atomic mass is 9.83. The van der Waals surface area contributed by atoms with Gasteiger partial charge in [-0.3, -0.25) is 0 Å². The van der Waals surface area contributed by atoms with Crippen LogP contribution in [0.5, 0.6) is 0 Å². The van der Waals surface area contributed by atoms with Crippen LogP contribution in [-0.4, -0.2) is 9.55 Å². The normalized spacial score (nSPS) is 13.3. The zero-order valence-corrected chi connectivity index (χ0v) is 21.4. The van der Waals surface area contributed by atoms with Crippen LogP contribution in [0.3, 0.4) is 0 Å². The van der Waals surface area contributed by atoms with E-state index in [1.165, 1.54) is 102 Å². The largest absolute Gasteiger partial charge is 0.330 e. The van der Waals surface area contributed by atoms with E-state index in [2.05, 4.69) is 60.8 Å². The third-order valence-corrected chi connectivity index (χ3v) is 7.13. The number of hydrogen-bond acceptors (Lipinski definition) is 1. The highest BCUT2D eigenvalue weighted by Gasteiger charge is 2.20. The van der Waals surface area contributed by atoms with Crippen molar-refractivity contribution >= 4 is 0 Å². The van der Waals surface area contributed by atoms with Crippen LogP contribution < -0.4 is 0 Å². The Morgan fingerprint density at radius 1 is 0.688 bits per heavy atom. The second kappa shape index (κ2) is 17.0.